The lowest BCUT2D eigenvalue weighted by atomic mass is 10.1. The van der Waals surface area contributed by atoms with Gasteiger partial charge in [-0.25, -0.2) is 4.68 Å². The van der Waals surface area contributed by atoms with E-state index in [1.807, 2.05) is 55.1 Å². The van der Waals surface area contributed by atoms with Gasteiger partial charge in [-0.05, 0) is 37.1 Å². The average Bonchev–Trinajstić information content (AvgIpc) is 3.31. The van der Waals surface area contributed by atoms with E-state index in [1.165, 1.54) is 0 Å². The molecule has 150 valence electrons. The zero-order valence-electron chi connectivity index (χ0n) is 16.6. The van der Waals surface area contributed by atoms with E-state index in [1.54, 1.807) is 15.8 Å². The molecular formula is C21H24N6O2. The van der Waals surface area contributed by atoms with E-state index >= 15 is 0 Å². The standard InChI is InChI=1S/C21H24N6O2/c1-15-14-20-26(12-3-13-27(20)24-15)21(29)9-8-19(28)23-17-6-4-16(5-7-17)18-10-11-22-25(18)2/h4-7,10-11,14H,3,8-9,12-13H2,1-2H3,(H,23,28). The second-order valence-corrected chi connectivity index (χ2v) is 7.23. The number of amides is 2. The number of hydrogen-bond donors (Lipinski definition) is 1. The maximum Gasteiger partial charge on any atom is 0.228 e. The molecule has 0 fully saturated rings. The number of benzene rings is 1. The van der Waals surface area contributed by atoms with Crippen LogP contribution in [0, 0.1) is 6.92 Å². The summed E-state index contributed by atoms with van der Waals surface area (Å²) in [6.07, 6.45) is 2.93. The van der Waals surface area contributed by atoms with E-state index in [9.17, 15) is 9.59 Å². The number of fused-ring (bicyclic) bond motifs is 1. The number of aromatic nitrogens is 4. The van der Waals surface area contributed by atoms with Crippen molar-refractivity contribution in [2.75, 3.05) is 16.8 Å². The van der Waals surface area contributed by atoms with Crippen molar-refractivity contribution in [3.05, 3.63) is 48.3 Å². The van der Waals surface area contributed by atoms with Crippen molar-refractivity contribution in [1.29, 1.82) is 0 Å². The molecule has 0 aliphatic carbocycles. The molecule has 0 radical (unpaired) electrons. The molecule has 1 aliphatic rings. The Morgan fingerprint density at radius 1 is 1.10 bits per heavy atom. The van der Waals surface area contributed by atoms with Crippen LogP contribution in [0.4, 0.5) is 11.5 Å². The Labute approximate surface area is 169 Å². The lowest BCUT2D eigenvalue weighted by Crippen LogP contribution is -2.37. The molecule has 1 aromatic carbocycles. The summed E-state index contributed by atoms with van der Waals surface area (Å²) in [5.74, 6) is 0.603. The lowest BCUT2D eigenvalue weighted by Gasteiger charge is -2.27. The van der Waals surface area contributed by atoms with Gasteiger partial charge in [-0.2, -0.15) is 10.2 Å². The van der Waals surface area contributed by atoms with Crippen LogP contribution in [0.2, 0.25) is 0 Å². The molecule has 3 aromatic rings. The summed E-state index contributed by atoms with van der Waals surface area (Å²) < 4.78 is 3.66. The average molecular weight is 392 g/mol. The Morgan fingerprint density at radius 2 is 1.90 bits per heavy atom. The number of nitrogens with zero attached hydrogens (tertiary/aromatic N) is 5. The zero-order chi connectivity index (χ0) is 20.4. The third kappa shape index (κ3) is 4.06. The normalized spacial score (nSPS) is 13.2. The van der Waals surface area contributed by atoms with Gasteiger partial charge in [0.1, 0.15) is 5.82 Å². The van der Waals surface area contributed by atoms with E-state index < -0.39 is 0 Å². The van der Waals surface area contributed by atoms with E-state index in [-0.39, 0.29) is 24.7 Å². The minimum atomic E-state index is -0.173. The third-order valence-corrected chi connectivity index (χ3v) is 5.06. The van der Waals surface area contributed by atoms with Crippen LogP contribution in [0.3, 0.4) is 0 Å². The topological polar surface area (TPSA) is 85.1 Å². The molecule has 0 unspecified atom stereocenters. The molecule has 3 heterocycles. The third-order valence-electron chi connectivity index (χ3n) is 5.06. The molecule has 0 spiro atoms. The van der Waals surface area contributed by atoms with Gasteiger partial charge in [-0.1, -0.05) is 12.1 Å². The van der Waals surface area contributed by atoms with Crippen LogP contribution in [-0.4, -0.2) is 37.9 Å². The molecule has 8 nitrogen and oxygen atoms in total. The quantitative estimate of drug-likeness (QED) is 0.724. The highest BCUT2D eigenvalue weighted by Crippen LogP contribution is 2.23. The van der Waals surface area contributed by atoms with Gasteiger partial charge in [-0.15, -0.1) is 0 Å². The first kappa shape index (κ1) is 18.9. The van der Waals surface area contributed by atoms with Crippen molar-refractivity contribution < 1.29 is 9.59 Å². The van der Waals surface area contributed by atoms with Crippen LogP contribution < -0.4 is 10.2 Å². The van der Waals surface area contributed by atoms with Gasteiger partial charge < -0.3 is 5.32 Å². The highest BCUT2D eigenvalue weighted by atomic mass is 16.2. The summed E-state index contributed by atoms with van der Waals surface area (Å²) in [5.41, 5.74) is 3.63. The Balaban J connectivity index is 1.32. The van der Waals surface area contributed by atoms with Crippen LogP contribution in [0.1, 0.15) is 25.0 Å². The fourth-order valence-corrected chi connectivity index (χ4v) is 3.62. The van der Waals surface area contributed by atoms with Crippen molar-refractivity contribution in [3.8, 4) is 11.3 Å². The van der Waals surface area contributed by atoms with Gasteiger partial charge in [0.05, 0.1) is 11.4 Å². The molecule has 8 heteroatoms. The van der Waals surface area contributed by atoms with E-state index in [4.69, 9.17) is 0 Å². The van der Waals surface area contributed by atoms with Crippen molar-refractivity contribution in [2.24, 2.45) is 7.05 Å². The Morgan fingerprint density at radius 3 is 2.62 bits per heavy atom. The molecule has 4 rings (SSSR count). The molecule has 1 N–H and O–H groups in total. The van der Waals surface area contributed by atoms with Crippen molar-refractivity contribution in [3.63, 3.8) is 0 Å². The molecule has 2 aromatic heterocycles. The van der Waals surface area contributed by atoms with Gasteiger partial charge in [0.2, 0.25) is 11.8 Å². The molecule has 0 saturated carbocycles. The van der Waals surface area contributed by atoms with E-state index in [2.05, 4.69) is 15.5 Å². The summed E-state index contributed by atoms with van der Waals surface area (Å²) in [7, 11) is 1.89. The highest BCUT2D eigenvalue weighted by molar-refractivity contribution is 5.97. The molecule has 2 amide bonds. The number of hydrogen-bond acceptors (Lipinski definition) is 4. The number of anilines is 2. The van der Waals surface area contributed by atoms with Crippen LogP contribution in [0.25, 0.3) is 11.3 Å². The first-order chi connectivity index (χ1) is 14.0. The maximum atomic E-state index is 12.6. The van der Waals surface area contributed by atoms with Gasteiger partial charge in [0.25, 0.3) is 0 Å². The van der Waals surface area contributed by atoms with Gasteiger partial charge in [0, 0.05) is 50.9 Å². The molecule has 1 aliphatic heterocycles. The van der Waals surface area contributed by atoms with Gasteiger partial charge in [-0.3, -0.25) is 19.2 Å². The summed E-state index contributed by atoms with van der Waals surface area (Å²) >= 11 is 0. The predicted molar refractivity (Wildman–Crippen MR) is 110 cm³/mol. The van der Waals surface area contributed by atoms with Crippen LogP contribution in [-0.2, 0) is 23.2 Å². The Bertz CT molecular complexity index is 1030. The molecule has 0 atom stereocenters. The van der Waals surface area contributed by atoms with Crippen molar-refractivity contribution in [2.45, 2.75) is 32.7 Å². The minimum Gasteiger partial charge on any atom is -0.326 e. The number of aryl methyl sites for hydroxylation is 3. The van der Waals surface area contributed by atoms with Crippen molar-refractivity contribution >= 4 is 23.3 Å². The summed E-state index contributed by atoms with van der Waals surface area (Å²) in [6, 6.07) is 11.4. The van der Waals surface area contributed by atoms with Crippen molar-refractivity contribution in [1.82, 2.24) is 19.6 Å². The maximum absolute atomic E-state index is 12.6. The minimum absolute atomic E-state index is 0.0486. The summed E-state index contributed by atoms with van der Waals surface area (Å²) in [5, 5.41) is 11.4. The lowest BCUT2D eigenvalue weighted by molar-refractivity contribution is -0.122. The fourth-order valence-electron chi connectivity index (χ4n) is 3.62. The van der Waals surface area contributed by atoms with E-state index in [0.717, 1.165) is 35.7 Å². The first-order valence-corrected chi connectivity index (χ1v) is 9.74. The number of nitrogens with one attached hydrogen (secondary N) is 1. The molecule has 0 bridgehead atoms. The monoisotopic (exact) mass is 392 g/mol. The predicted octanol–water partition coefficient (Wildman–Crippen LogP) is 2.75. The Kier molecular flexibility index (Phi) is 5.16. The van der Waals surface area contributed by atoms with Gasteiger partial charge in [0.15, 0.2) is 0 Å². The van der Waals surface area contributed by atoms with Gasteiger partial charge >= 0.3 is 0 Å². The SMILES string of the molecule is Cc1cc2n(n1)CCCN2C(=O)CCC(=O)Nc1ccc(-c2ccnn2C)cc1. The first-order valence-electron chi connectivity index (χ1n) is 9.74. The zero-order valence-corrected chi connectivity index (χ0v) is 16.6. The molecule has 0 saturated heterocycles. The highest BCUT2D eigenvalue weighted by Gasteiger charge is 2.24. The number of rotatable bonds is 5. The second kappa shape index (κ2) is 7.90. The molecular weight excluding hydrogens is 368 g/mol. The van der Waals surface area contributed by atoms with Crippen LogP contribution in [0.5, 0.6) is 0 Å². The summed E-state index contributed by atoms with van der Waals surface area (Å²) in [4.78, 5) is 26.7. The largest absolute Gasteiger partial charge is 0.326 e. The van der Waals surface area contributed by atoms with Crippen LogP contribution >= 0.6 is 0 Å². The van der Waals surface area contributed by atoms with E-state index in [0.29, 0.717) is 12.2 Å². The fraction of sp³-hybridized carbons (Fsp3) is 0.333. The number of carbonyl (C=O) groups excluding carboxylic acids is 2. The number of carbonyl (C=O) groups is 2. The Hall–Kier alpha value is -3.42. The summed E-state index contributed by atoms with van der Waals surface area (Å²) in [6.45, 7) is 3.41. The van der Waals surface area contributed by atoms with Crippen LogP contribution in [0.15, 0.2) is 42.6 Å². The second-order valence-electron chi connectivity index (χ2n) is 7.23. The molecule has 29 heavy (non-hydrogen) atoms. The smallest absolute Gasteiger partial charge is 0.228 e.